The Morgan fingerprint density at radius 2 is 1.64 bits per heavy atom. The summed E-state index contributed by atoms with van der Waals surface area (Å²) in [5, 5.41) is 0. The number of benzene rings is 2. The lowest BCUT2D eigenvalue weighted by Gasteiger charge is -2.45. The number of fused-ring (bicyclic) bond motifs is 1. The van der Waals surface area contributed by atoms with Crippen LogP contribution in [0, 0.1) is 0 Å². The highest BCUT2D eigenvalue weighted by Gasteiger charge is 2.65. The molecule has 2 aliphatic rings. The highest BCUT2D eigenvalue weighted by Crippen LogP contribution is 2.58. The van der Waals surface area contributed by atoms with Crippen LogP contribution in [0.25, 0.3) is 0 Å². The molecule has 0 N–H and O–H groups in total. The molecule has 0 aromatic heterocycles. The van der Waals surface area contributed by atoms with E-state index >= 15 is 0 Å². The van der Waals surface area contributed by atoms with Crippen molar-refractivity contribution in [2.24, 2.45) is 0 Å². The van der Waals surface area contributed by atoms with Crippen molar-refractivity contribution in [3.63, 3.8) is 0 Å². The van der Waals surface area contributed by atoms with E-state index in [0.29, 0.717) is 44.9 Å². The predicted molar refractivity (Wildman–Crippen MR) is 134 cm³/mol. The van der Waals surface area contributed by atoms with Gasteiger partial charge < -0.3 is 33.3 Å². The van der Waals surface area contributed by atoms with E-state index in [0.717, 1.165) is 29.7 Å². The molecule has 0 saturated carbocycles. The van der Waals surface area contributed by atoms with Gasteiger partial charge in [0.2, 0.25) is 5.79 Å². The van der Waals surface area contributed by atoms with Gasteiger partial charge in [0.15, 0.2) is 5.60 Å². The van der Waals surface area contributed by atoms with Gasteiger partial charge in [0, 0.05) is 52.7 Å². The molecule has 1 amide bonds. The van der Waals surface area contributed by atoms with Gasteiger partial charge in [-0.2, -0.15) is 0 Å². The SMILES string of the molecule is COC1c2ccccc2C(OC)(OC)C1(CCCCOc1ccc(C(=O)N2CCOCC2)cc1)OC. The fourth-order valence-corrected chi connectivity index (χ4v) is 5.60. The Bertz CT molecular complexity index is 1000. The van der Waals surface area contributed by atoms with Crippen molar-refractivity contribution in [2.45, 2.75) is 36.8 Å². The summed E-state index contributed by atoms with van der Waals surface area (Å²) in [6.45, 7) is 2.97. The minimum Gasteiger partial charge on any atom is -0.494 e. The van der Waals surface area contributed by atoms with E-state index in [4.69, 9.17) is 28.4 Å². The van der Waals surface area contributed by atoms with Crippen LogP contribution in [0.15, 0.2) is 48.5 Å². The van der Waals surface area contributed by atoms with Crippen LogP contribution < -0.4 is 4.74 Å². The number of rotatable bonds is 11. The van der Waals surface area contributed by atoms with Gasteiger partial charge in [0.25, 0.3) is 5.91 Å². The Kier molecular flexibility index (Phi) is 8.64. The van der Waals surface area contributed by atoms with Crippen LogP contribution in [0.3, 0.4) is 0 Å². The van der Waals surface area contributed by atoms with Gasteiger partial charge in [-0.15, -0.1) is 0 Å². The van der Waals surface area contributed by atoms with Crippen LogP contribution in [0.1, 0.15) is 46.9 Å². The molecule has 8 heteroatoms. The van der Waals surface area contributed by atoms with E-state index in [2.05, 4.69) is 0 Å². The van der Waals surface area contributed by atoms with Crippen LogP contribution in [0.2, 0.25) is 0 Å². The van der Waals surface area contributed by atoms with E-state index in [1.54, 1.807) is 28.4 Å². The number of morpholine rings is 1. The number of unbranched alkanes of at least 4 members (excludes halogenated alkanes) is 1. The van der Waals surface area contributed by atoms with Crippen LogP contribution >= 0.6 is 0 Å². The van der Waals surface area contributed by atoms with E-state index in [1.807, 2.05) is 53.4 Å². The van der Waals surface area contributed by atoms with Gasteiger partial charge >= 0.3 is 0 Å². The topological polar surface area (TPSA) is 75.7 Å². The standard InChI is InChI=1S/C28H37NO7/c1-31-25-23-9-5-6-10-24(23)28(33-3,34-4)27(25,32-2)15-7-8-18-36-22-13-11-21(12-14-22)26(30)29-16-19-35-20-17-29/h5-6,9-14,25H,7-8,15-20H2,1-4H3. The molecule has 2 aromatic carbocycles. The summed E-state index contributed by atoms with van der Waals surface area (Å²) >= 11 is 0. The monoisotopic (exact) mass is 499 g/mol. The lowest BCUT2D eigenvalue weighted by atomic mass is 9.85. The Morgan fingerprint density at radius 1 is 0.944 bits per heavy atom. The molecular formula is C28H37NO7. The Labute approximate surface area is 213 Å². The first kappa shape index (κ1) is 26.6. The zero-order valence-electron chi connectivity index (χ0n) is 21.7. The maximum absolute atomic E-state index is 12.6. The number of amides is 1. The van der Waals surface area contributed by atoms with Crippen molar-refractivity contribution in [2.75, 3.05) is 61.3 Å². The fraction of sp³-hybridized carbons (Fsp3) is 0.536. The van der Waals surface area contributed by atoms with Gasteiger partial charge in [0.05, 0.1) is 19.8 Å². The molecule has 0 spiro atoms. The molecule has 1 heterocycles. The largest absolute Gasteiger partial charge is 0.494 e. The first-order chi connectivity index (χ1) is 17.6. The molecule has 1 aliphatic carbocycles. The molecule has 2 unspecified atom stereocenters. The average Bonchev–Trinajstić information content (AvgIpc) is 3.18. The molecule has 1 fully saturated rings. The molecule has 1 saturated heterocycles. The van der Waals surface area contributed by atoms with Crippen molar-refractivity contribution < 1.29 is 33.2 Å². The second kappa shape index (κ2) is 11.7. The highest BCUT2D eigenvalue weighted by atomic mass is 16.7. The first-order valence-corrected chi connectivity index (χ1v) is 12.4. The number of methoxy groups -OCH3 is 4. The molecule has 1 aliphatic heterocycles. The Morgan fingerprint density at radius 3 is 2.28 bits per heavy atom. The van der Waals surface area contributed by atoms with Crippen molar-refractivity contribution >= 4 is 5.91 Å². The predicted octanol–water partition coefficient (Wildman–Crippen LogP) is 3.94. The van der Waals surface area contributed by atoms with Crippen LogP contribution in [-0.2, 0) is 29.5 Å². The third kappa shape index (κ3) is 4.64. The minimum atomic E-state index is -1.08. The number of ether oxygens (including phenoxy) is 6. The normalized spacial score (nSPS) is 22.9. The zero-order valence-corrected chi connectivity index (χ0v) is 21.7. The van der Waals surface area contributed by atoms with Crippen molar-refractivity contribution in [3.05, 3.63) is 65.2 Å². The van der Waals surface area contributed by atoms with Crippen molar-refractivity contribution in [1.82, 2.24) is 4.90 Å². The number of nitrogens with zero attached hydrogens (tertiary/aromatic N) is 1. The van der Waals surface area contributed by atoms with E-state index < -0.39 is 11.4 Å². The van der Waals surface area contributed by atoms with Gasteiger partial charge in [-0.1, -0.05) is 24.3 Å². The molecular weight excluding hydrogens is 462 g/mol. The summed E-state index contributed by atoms with van der Waals surface area (Å²) in [4.78, 5) is 14.4. The number of hydrogen-bond donors (Lipinski definition) is 0. The summed E-state index contributed by atoms with van der Waals surface area (Å²) < 4.78 is 35.4. The Hall–Kier alpha value is -2.49. The van der Waals surface area contributed by atoms with Crippen LogP contribution in [0.5, 0.6) is 5.75 Å². The van der Waals surface area contributed by atoms with Gasteiger partial charge in [-0.3, -0.25) is 4.79 Å². The van der Waals surface area contributed by atoms with E-state index in [9.17, 15) is 4.79 Å². The Balaban J connectivity index is 1.35. The third-order valence-electron chi connectivity index (χ3n) is 7.36. The number of hydrogen-bond acceptors (Lipinski definition) is 7. The highest BCUT2D eigenvalue weighted by molar-refractivity contribution is 5.94. The molecule has 0 bridgehead atoms. The molecule has 2 aromatic rings. The summed E-state index contributed by atoms with van der Waals surface area (Å²) in [6, 6.07) is 15.3. The maximum atomic E-state index is 12.6. The summed E-state index contributed by atoms with van der Waals surface area (Å²) in [6.07, 6.45) is 1.92. The zero-order chi connectivity index (χ0) is 25.6. The van der Waals surface area contributed by atoms with Crippen molar-refractivity contribution in [3.8, 4) is 5.75 Å². The van der Waals surface area contributed by atoms with Gasteiger partial charge in [0.1, 0.15) is 11.9 Å². The molecule has 0 radical (unpaired) electrons. The van der Waals surface area contributed by atoms with Crippen LogP contribution in [-0.4, -0.2) is 77.8 Å². The summed E-state index contributed by atoms with van der Waals surface area (Å²) in [5.74, 6) is -0.316. The van der Waals surface area contributed by atoms with E-state index in [1.165, 1.54) is 0 Å². The number of carbonyl (C=O) groups excluding carboxylic acids is 1. The van der Waals surface area contributed by atoms with Crippen molar-refractivity contribution in [1.29, 1.82) is 0 Å². The van der Waals surface area contributed by atoms with E-state index in [-0.39, 0.29) is 12.0 Å². The molecule has 4 rings (SSSR count). The average molecular weight is 500 g/mol. The molecule has 36 heavy (non-hydrogen) atoms. The summed E-state index contributed by atoms with van der Waals surface area (Å²) in [7, 11) is 6.65. The molecule has 196 valence electrons. The first-order valence-electron chi connectivity index (χ1n) is 12.4. The van der Waals surface area contributed by atoms with Gasteiger partial charge in [-0.05, 0) is 49.1 Å². The minimum absolute atomic E-state index is 0.0275. The second-order valence-electron chi connectivity index (χ2n) is 9.06. The molecule has 2 atom stereocenters. The second-order valence-corrected chi connectivity index (χ2v) is 9.06. The number of carbonyl (C=O) groups is 1. The van der Waals surface area contributed by atoms with Crippen LogP contribution in [0.4, 0.5) is 0 Å². The summed E-state index contributed by atoms with van der Waals surface area (Å²) in [5.41, 5.74) is 1.74. The smallest absolute Gasteiger partial charge is 0.254 e. The quantitative estimate of drug-likeness (QED) is 0.342. The lowest BCUT2D eigenvalue weighted by Crippen LogP contribution is -2.55. The fourth-order valence-electron chi connectivity index (χ4n) is 5.60. The third-order valence-corrected chi connectivity index (χ3v) is 7.36. The molecule has 8 nitrogen and oxygen atoms in total. The lowest BCUT2D eigenvalue weighted by molar-refractivity contribution is -0.334. The van der Waals surface area contributed by atoms with Gasteiger partial charge in [-0.25, -0.2) is 0 Å². The maximum Gasteiger partial charge on any atom is 0.254 e.